The standard InChI is InChI=1S/Al.Ce.Cr.Mg.Mn.Ti.Zn.Zr.5H. The van der Waals surface area contributed by atoms with Crippen LogP contribution < -0.4 is 0 Å². The number of rotatable bonds is 0. The summed E-state index contributed by atoms with van der Waals surface area (Å²) >= 11 is 0. The van der Waals surface area contributed by atoms with Gasteiger partial charge < -0.3 is 0 Å². The Labute approximate surface area is 179 Å². The Balaban J connectivity index is 0. The van der Waals surface area contributed by atoms with Gasteiger partial charge in [-0.2, -0.15) is 0 Å². The van der Waals surface area contributed by atoms with Gasteiger partial charge in [-0.15, -0.1) is 0 Å². The first-order valence-electron chi connectivity index (χ1n) is 0. The van der Waals surface area contributed by atoms with E-state index in [0.717, 1.165) is 0 Å². The van der Waals surface area contributed by atoms with Crippen molar-refractivity contribution in [3.05, 3.63) is 0 Å². The van der Waals surface area contributed by atoms with Gasteiger partial charge in [0.25, 0.3) is 0 Å². The molecule has 0 saturated heterocycles. The van der Waals surface area contributed by atoms with E-state index >= 15 is 0 Å². The van der Waals surface area contributed by atoms with E-state index in [-0.39, 0.29) is 184 Å². The fraction of sp³-hybridized carbons (Fsp3) is 0. The molecule has 0 aromatic heterocycles. The van der Waals surface area contributed by atoms with Crippen molar-refractivity contribution in [2.75, 3.05) is 0 Å². The van der Waals surface area contributed by atoms with Crippen LogP contribution in [0.2, 0.25) is 0 Å². The molecule has 0 nitrogen and oxygen atoms in total. The van der Waals surface area contributed by atoms with E-state index in [9.17, 15) is 0 Å². The van der Waals surface area contributed by atoms with E-state index in [2.05, 4.69) is 0 Å². The molecule has 8 heteroatoms. The second-order valence-electron chi connectivity index (χ2n) is 0. The average Bonchev–Trinajstić information content (AvgIpc) is 0. The van der Waals surface area contributed by atoms with E-state index in [1.165, 1.54) is 0 Å². The summed E-state index contributed by atoms with van der Waals surface area (Å²) in [6, 6.07) is 0. The van der Waals surface area contributed by atoms with Crippen molar-refractivity contribution in [2.24, 2.45) is 0 Å². The van der Waals surface area contributed by atoms with Gasteiger partial charge in [0, 0.05) is 144 Å². The summed E-state index contributed by atoms with van der Waals surface area (Å²) in [5, 5.41) is 0. The van der Waals surface area contributed by atoms with E-state index in [0.29, 0.717) is 0 Å². The molecule has 0 N–H and O–H groups in total. The van der Waals surface area contributed by atoms with Crippen LogP contribution in [0.1, 0.15) is 0 Å². The molecule has 0 aliphatic rings. The Bertz CT molecular complexity index is 24.0. The van der Waals surface area contributed by atoms with Gasteiger partial charge in [-0.1, -0.05) is 0 Å². The fourth-order valence-electron chi connectivity index (χ4n) is 0. The van der Waals surface area contributed by atoms with Crippen molar-refractivity contribution in [1.29, 1.82) is 0 Å². The van der Waals surface area contributed by atoms with E-state index in [1.807, 2.05) is 0 Å². The van der Waals surface area contributed by atoms with Gasteiger partial charge in [-0.25, -0.2) is 0 Å². The van der Waals surface area contributed by atoms with Gasteiger partial charge >= 0.3 is 23.1 Å². The van der Waals surface area contributed by atoms with E-state index < -0.39 is 0 Å². The Hall–Kier alpha value is 5.95. The van der Waals surface area contributed by atoms with Gasteiger partial charge in [0.1, 0.15) is 0 Å². The van der Waals surface area contributed by atoms with Gasteiger partial charge in [0.2, 0.25) is 0 Å². The van der Waals surface area contributed by atoms with Crippen LogP contribution in [0.25, 0.3) is 0 Å². The Morgan fingerprint density at radius 3 is 1.00 bits per heavy atom. The summed E-state index contributed by atoms with van der Waals surface area (Å²) in [7, 11) is 0. The second kappa shape index (κ2) is 52.2. The molecule has 0 aliphatic carbocycles. The van der Waals surface area contributed by atoms with Crippen LogP contribution in [0.4, 0.5) is 0 Å². The van der Waals surface area contributed by atoms with Crippen molar-refractivity contribution in [3.8, 4) is 0 Å². The molecule has 0 atom stereocenters. The minimum Gasteiger partial charge on any atom is 0 e. The maximum Gasteiger partial charge on any atom is 0.316 e. The van der Waals surface area contributed by atoms with Crippen molar-refractivity contribution in [3.63, 3.8) is 0 Å². The Morgan fingerprint density at radius 2 is 1.00 bits per heavy atom. The SMILES string of the molecule is [AlH3].[Ce].[Cr].[MgH2].[Mn].[Ti].[Zn].[Zr]. The molecule has 0 bridgehead atoms. The maximum atomic E-state index is 0. The monoisotopic (exact) mass is 505 g/mol. The molecule has 0 amide bonds. The predicted octanol–water partition coefficient (Wildman–Crippen LogP) is -2.11. The molecule has 0 aromatic rings. The van der Waals surface area contributed by atoms with Crippen molar-refractivity contribution >= 4 is 40.4 Å². The summed E-state index contributed by atoms with van der Waals surface area (Å²) in [5.41, 5.74) is 0. The van der Waals surface area contributed by atoms with Crippen LogP contribution in [0.3, 0.4) is 0 Å². The molecule has 0 unspecified atom stereocenters. The first kappa shape index (κ1) is 66.1. The summed E-state index contributed by atoms with van der Waals surface area (Å²) in [4.78, 5) is 0. The molecule has 0 aliphatic heterocycles. The molecule has 0 heterocycles. The van der Waals surface area contributed by atoms with Gasteiger partial charge in [-0.3, -0.25) is 0 Å². The maximum absolute atomic E-state index is 0. The molecule has 8 heavy (non-hydrogen) atoms. The zero-order chi connectivity index (χ0) is 0. The molecule has 37 valence electrons. The fourth-order valence-corrected chi connectivity index (χ4v) is 0. The third-order valence-corrected chi connectivity index (χ3v) is 0. The largest absolute Gasteiger partial charge is 0.316 e. The quantitative estimate of drug-likeness (QED) is 0.329. The normalized spacial score (nSPS) is 0. The van der Waals surface area contributed by atoms with E-state index in [1.54, 1.807) is 0 Å². The third kappa shape index (κ3) is 40.5. The van der Waals surface area contributed by atoms with Crippen molar-refractivity contribution in [1.82, 2.24) is 0 Å². The molecular weight excluding hydrogens is 503 g/mol. The topological polar surface area (TPSA) is 0 Å². The van der Waals surface area contributed by atoms with E-state index in [4.69, 9.17) is 0 Å². The zero-order valence-corrected chi connectivity index (χ0v) is 15.6. The van der Waals surface area contributed by atoms with Crippen LogP contribution in [-0.2, 0) is 102 Å². The zero-order valence-electron chi connectivity index (χ0n) is 2.99. The predicted molar refractivity (Wildman–Crippen MR) is 18.5 cm³/mol. The van der Waals surface area contributed by atoms with Crippen LogP contribution in [-0.4, -0.2) is 40.4 Å². The molecule has 1 radical (unpaired) electrons. The van der Waals surface area contributed by atoms with Crippen LogP contribution in [0, 0.1) is 41.7 Å². The smallest absolute Gasteiger partial charge is 0 e. The molecule has 0 rings (SSSR count). The van der Waals surface area contributed by atoms with Gasteiger partial charge in [0.05, 0.1) is 0 Å². The second-order valence-corrected chi connectivity index (χ2v) is 0. The summed E-state index contributed by atoms with van der Waals surface area (Å²) < 4.78 is 0. The number of hydrogen-bond donors (Lipinski definition) is 0. The average molecular weight is 508 g/mol. The summed E-state index contributed by atoms with van der Waals surface area (Å²) in [5.74, 6) is 0. The molecular formula is H5AlCeCrMgMnTiZnZr. The third-order valence-electron chi connectivity index (χ3n) is 0. The molecule has 0 aromatic carbocycles. The molecule has 0 saturated carbocycles. The minimum atomic E-state index is 0. The van der Waals surface area contributed by atoms with Crippen molar-refractivity contribution < 1.29 is 144 Å². The van der Waals surface area contributed by atoms with Gasteiger partial charge in [0.15, 0.2) is 17.4 Å². The summed E-state index contributed by atoms with van der Waals surface area (Å²) in [6.07, 6.45) is 0. The van der Waals surface area contributed by atoms with Crippen LogP contribution >= 0.6 is 0 Å². The molecule has 0 fully saturated rings. The van der Waals surface area contributed by atoms with Gasteiger partial charge in [-0.05, 0) is 0 Å². The summed E-state index contributed by atoms with van der Waals surface area (Å²) in [6.45, 7) is 0. The minimum absolute atomic E-state index is 0. The Morgan fingerprint density at radius 1 is 1.00 bits per heavy atom. The first-order valence-corrected chi connectivity index (χ1v) is 0. The van der Waals surface area contributed by atoms with Crippen LogP contribution in [0.15, 0.2) is 0 Å². The van der Waals surface area contributed by atoms with Crippen molar-refractivity contribution in [2.45, 2.75) is 0 Å². The Kier molecular flexibility index (Phi) is 432. The molecule has 0 spiro atoms. The first-order chi connectivity index (χ1) is 0. The van der Waals surface area contributed by atoms with Crippen LogP contribution in [0.5, 0.6) is 0 Å². The number of hydrogen-bond acceptors (Lipinski definition) is 0.